The summed E-state index contributed by atoms with van der Waals surface area (Å²) in [6, 6.07) is 30.9. The van der Waals surface area contributed by atoms with Crippen LogP contribution in [0.1, 0.15) is 37.0 Å². The largest absolute Gasteiger partial charge is 0.389 e. The van der Waals surface area contributed by atoms with E-state index in [0.29, 0.717) is 0 Å². The number of oxime groups is 1. The van der Waals surface area contributed by atoms with Gasteiger partial charge in [0.15, 0.2) is 0 Å². The standard InChI is InChI=1S/C24H25NO/c1-24(2,19-18-20-12-6-3-7-13-20)26-25-23(21-14-8-4-9-15-21)22-16-10-5-11-17-22/h3-17H,18-19H2,1-2H3. The molecule has 0 amide bonds. The van der Waals surface area contributed by atoms with E-state index >= 15 is 0 Å². The van der Waals surface area contributed by atoms with Gasteiger partial charge in [-0.3, -0.25) is 0 Å². The van der Waals surface area contributed by atoms with Crippen molar-refractivity contribution in [2.45, 2.75) is 32.3 Å². The van der Waals surface area contributed by atoms with Crippen LogP contribution in [0.4, 0.5) is 0 Å². The van der Waals surface area contributed by atoms with Crippen molar-refractivity contribution in [2.75, 3.05) is 0 Å². The Morgan fingerprint density at radius 2 is 1.19 bits per heavy atom. The summed E-state index contributed by atoms with van der Waals surface area (Å²) < 4.78 is 0. The molecule has 0 aliphatic rings. The summed E-state index contributed by atoms with van der Waals surface area (Å²) in [5.41, 5.74) is 3.94. The third kappa shape index (κ3) is 5.06. The van der Waals surface area contributed by atoms with Crippen LogP contribution in [0.2, 0.25) is 0 Å². The van der Waals surface area contributed by atoms with Crippen molar-refractivity contribution in [3.8, 4) is 0 Å². The summed E-state index contributed by atoms with van der Waals surface area (Å²) >= 11 is 0. The summed E-state index contributed by atoms with van der Waals surface area (Å²) in [6.45, 7) is 4.18. The van der Waals surface area contributed by atoms with Gasteiger partial charge in [0.05, 0.1) is 0 Å². The number of rotatable bonds is 7. The van der Waals surface area contributed by atoms with Gasteiger partial charge >= 0.3 is 0 Å². The Morgan fingerprint density at radius 1 is 0.731 bits per heavy atom. The Kier molecular flexibility index (Phi) is 5.85. The zero-order valence-corrected chi connectivity index (χ0v) is 15.4. The molecule has 0 N–H and O–H groups in total. The number of nitrogens with zero attached hydrogens (tertiary/aromatic N) is 1. The highest BCUT2D eigenvalue weighted by atomic mass is 16.6. The van der Waals surface area contributed by atoms with Gasteiger partial charge in [-0.1, -0.05) is 96.2 Å². The molecule has 0 saturated heterocycles. The minimum absolute atomic E-state index is 0.343. The van der Waals surface area contributed by atoms with E-state index in [1.165, 1.54) is 5.56 Å². The summed E-state index contributed by atoms with van der Waals surface area (Å²) in [6.07, 6.45) is 1.87. The number of benzene rings is 3. The molecule has 0 radical (unpaired) electrons. The number of hydrogen-bond donors (Lipinski definition) is 0. The Balaban J connectivity index is 1.77. The summed E-state index contributed by atoms with van der Waals surface area (Å²) in [5, 5.41) is 4.56. The van der Waals surface area contributed by atoms with Crippen molar-refractivity contribution in [3.05, 3.63) is 108 Å². The van der Waals surface area contributed by atoms with Crippen LogP contribution < -0.4 is 0 Å². The fraction of sp³-hybridized carbons (Fsp3) is 0.208. The predicted molar refractivity (Wildman–Crippen MR) is 108 cm³/mol. The third-order valence-electron chi connectivity index (χ3n) is 4.34. The maximum atomic E-state index is 6.01. The maximum absolute atomic E-state index is 6.01. The first-order chi connectivity index (χ1) is 12.6. The fourth-order valence-corrected chi connectivity index (χ4v) is 2.77. The second kappa shape index (κ2) is 8.48. The number of aryl methyl sites for hydroxylation is 1. The Bertz CT molecular complexity index is 782. The monoisotopic (exact) mass is 343 g/mol. The second-order valence-electron chi connectivity index (χ2n) is 7.01. The highest BCUT2D eigenvalue weighted by molar-refractivity contribution is 6.12. The molecule has 0 saturated carbocycles. The second-order valence-corrected chi connectivity index (χ2v) is 7.01. The van der Waals surface area contributed by atoms with Crippen molar-refractivity contribution in [1.29, 1.82) is 0 Å². The molecule has 0 aliphatic heterocycles. The van der Waals surface area contributed by atoms with E-state index in [1.54, 1.807) is 0 Å². The van der Waals surface area contributed by atoms with Gasteiger partial charge in [0, 0.05) is 11.1 Å². The molecule has 26 heavy (non-hydrogen) atoms. The van der Waals surface area contributed by atoms with E-state index in [0.717, 1.165) is 29.7 Å². The lowest BCUT2D eigenvalue weighted by Crippen LogP contribution is -2.23. The molecule has 3 rings (SSSR count). The average Bonchev–Trinajstić information content (AvgIpc) is 2.69. The third-order valence-corrected chi connectivity index (χ3v) is 4.34. The normalized spacial score (nSPS) is 11.0. The van der Waals surface area contributed by atoms with E-state index in [1.807, 2.05) is 42.5 Å². The zero-order valence-electron chi connectivity index (χ0n) is 15.4. The van der Waals surface area contributed by atoms with Gasteiger partial charge in [-0.15, -0.1) is 0 Å². The minimum atomic E-state index is -0.343. The lowest BCUT2D eigenvalue weighted by molar-refractivity contribution is -0.0199. The van der Waals surface area contributed by atoms with Crippen molar-refractivity contribution in [1.82, 2.24) is 0 Å². The molecule has 132 valence electrons. The van der Waals surface area contributed by atoms with Crippen molar-refractivity contribution < 1.29 is 4.84 Å². The molecule has 0 aliphatic carbocycles. The topological polar surface area (TPSA) is 21.6 Å². The Hall–Kier alpha value is -2.87. The zero-order chi connectivity index (χ0) is 18.2. The lowest BCUT2D eigenvalue weighted by Gasteiger charge is -2.23. The highest BCUT2D eigenvalue weighted by Gasteiger charge is 2.20. The lowest BCUT2D eigenvalue weighted by atomic mass is 9.99. The SMILES string of the molecule is CC(C)(CCc1ccccc1)ON=C(c1ccccc1)c1ccccc1. The predicted octanol–water partition coefficient (Wildman–Crippen LogP) is 5.87. The maximum Gasteiger partial charge on any atom is 0.132 e. The van der Waals surface area contributed by atoms with Crippen molar-refractivity contribution in [2.24, 2.45) is 5.16 Å². The van der Waals surface area contributed by atoms with E-state index < -0.39 is 0 Å². The molecule has 0 aromatic heterocycles. The smallest absolute Gasteiger partial charge is 0.132 e. The van der Waals surface area contributed by atoms with Gasteiger partial charge in [-0.25, -0.2) is 0 Å². The van der Waals surface area contributed by atoms with E-state index in [9.17, 15) is 0 Å². The van der Waals surface area contributed by atoms with Gasteiger partial charge in [-0.2, -0.15) is 0 Å². The molecule has 0 unspecified atom stereocenters. The van der Waals surface area contributed by atoms with Crippen LogP contribution >= 0.6 is 0 Å². The molecule has 0 spiro atoms. The molecular weight excluding hydrogens is 318 g/mol. The average molecular weight is 343 g/mol. The van der Waals surface area contributed by atoms with Gasteiger partial charge in [0.1, 0.15) is 11.3 Å². The Labute approximate surface area is 156 Å². The van der Waals surface area contributed by atoms with Gasteiger partial charge in [0.25, 0.3) is 0 Å². The molecule has 3 aromatic carbocycles. The van der Waals surface area contributed by atoms with Crippen LogP contribution in [0.25, 0.3) is 0 Å². The molecule has 0 heterocycles. The van der Waals surface area contributed by atoms with Gasteiger partial charge in [0.2, 0.25) is 0 Å². The Morgan fingerprint density at radius 3 is 1.69 bits per heavy atom. The molecule has 0 fully saturated rings. The molecule has 2 nitrogen and oxygen atoms in total. The molecule has 3 aromatic rings. The first-order valence-corrected chi connectivity index (χ1v) is 9.05. The highest BCUT2D eigenvalue weighted by Crippen LogP contribution is 2.20. The van der Waals surface area contributed by atoms with Crippen LogP contribution in [-0.4, -0.2) is 11.3 Å². The van der Waals surface area contributed by atoms with Crippen LogP contribution in [0.15, 0.2) is 96.2 Å². The van der Waals surface area contributed by atoms with Crippen molar-refractivity contribution >= 4 is 5.71 Å². The summed E-state index contributed by atoms with van der Waals surface area (Å²) in [5.74, 6) is 0. The first kappa shape index (κ1) is 17.9. The first-order valence-electron chi connectivity index (χ1n) is 9.05. The van der Waals surface area contributed by atoms with Gasteiger partial charge in [-0.05, 0) is 32.3 Å². The minimum Gasteiger partial charge on any atom is -0.389 e. The summed E-state index contributed by atoms with van der Waals surface area (Å²) in [4.78, 5) is 6.01. The van der Waals surface area contributed by atoms with E-state index in [-0.39, 0.29) is 5.60 Å². The van der Waals surface area contributed by atoms with E-state index in [2.05, 4.69) is 67.5 Å². The van der Waals surface area contributed by atoms with Crippen LogP contribution in [0, 0.1) is 0 Å². The van der Waals surface area contributed by atoms with Crippen molar-refractivity contribution in [3.63, 3.8) is 0 Å². The molecular formula is C24H25NO. The van der Waals surface area contributed by atoms with Crippen LogP contribution in [-0.2, 0) is 11.3 Å². The number of hydrogen-bond acceptors (Lipinski definition) is 2. The quantitative estimate of drug-likeness (QED) is 0.388. The van der Waals surface area contributed by atoms with E-state index in [4.69, 9.17) is 4.84 Å². The van der Waals surface area contributed by atoms with Crippen LogP contribution in [0.5, 0.6) is 0 Å². The summed E-state index contributed by atoms with van der Waals surface area (Å²) in [7, 11) is 0. The fourth-order valence-electron chi connectivity index (χ4n) is 2.77. The molecule has 0 atom stereocenters. The van der Waals surface area contributed by atoms with Crippen LogP contribution in [0.3, 0.4) is 0 Å². The molecule has 0 bridgehead atoms. The van der Waals surface area contributed by atoms with Gasteiger partial charge < -0.3 is 4.84 Å². The molecule has 2 heteroatoms.